The maximum Gasteiger partial charge on any atom is 0.342 e. The molecular weight excluding hydrogens is 298 g/mol. The van der Waals surface area contributed by atoms with E-state index in [-0.39, 0.29) is 24.3 Å². The molecule has 17 heavy (non-hydrogen) atoms. The number of rotatable bonds is 4. The molecule has 1 aromatic heterocycles. The second-order valence-corrected chi connectivity index (χ2v) is 3.38. The van der Waals surface area contributed by atoms with Crippen LogP contribution in [0.15, 0.2) is 6.20 Å². The topological polar surface area (TPSA) is 118 Å². The number of hydrogen-bond donors (Lipinski definition) is 2. The standard InChI is InChI=1S/C6H9N3O3.C2H3BrO2/c1-5-7-4-6(9(11)12)8(5)2-3-10;3-1-2(4)5/h4,10H,2-3H2,1H3;1H2,(H,4,5). The van der Waals surface area contributed by atoms with Crippen LogP contribution in [-0.4, -0.2) is 42.6 Å². The number of carboxylic acids is 1. The molecule has 9 heteroatoms. The third-order valence-electron chi connectivity index (χ3n) is 1.66. The van der Waals surface area contributed by atoms with Crippen LogP contribution in [0.5, 0.6) is 0 Å². The zero-order valence-electron chi connectivity index (χ0n) is 9.04. The van der Waals surface area contributed by atoms with E-state index in [1.54, 1.807) is 6.92 Å². The van der Waals surface area contributed by atoms with Crippen LogP contribution in [0.2, 0.25) is 0 Å². The molecule has 0 spiro atoms. The van der Waals surface area contributed by atoms with Crippen molar-refractivity contribution in [2.24, 2.45) is 0 Å². The maximum absolute atomic E-state index is 10.4. The number of hydrogen-bond acceptors (Lipinski definition) is 5. The molecule has 0 saturated carbocycles. The lowest BCUT2D eigenvalue weighted by atomic mass is 10.6. The highest BCUT2D eigenvalue weighted by Crippen LogP contribution is 2.12. The zero-order valence-corrected chi connectivity index (χ0v) is 10.6. The van der Waals surface area contributed by atoms with Crippen LogP contribution in [0.1, 0.15) is 5.82 Å². The molecule has 0 saturated heterocycles. The van der Waals surface area contributed by atoms with Crippen molar-refractivity contribution in [1.82, 2.24) is 9.55 Å². The van der Waals surface area contributed by atoms with E-state index in [0.717, 1.165) is 0 Å². The number of nitrogens with zero attached hydrogens (tertiary/aromatic N) is 3. The SMILES string of the molecule is Cc1ncc([N+](=O)[O-])n1CCO.O=C(O)CBr. The molecule has 0 aliphatic rings. The number of aliphatic hydroxyl groups excluding tert-OH is 1. The lowest BCUT2D eigenvalue weighted by Gasteiger charge is -1.98. The Morgan fingerprint density at radius 3 is 2.59 bits per heavy atom. The fraction of sp³-hybridized carbons (Fsp3) is 0.500. The quantitative estimate of drug-likeness (QED) is 0.476. The number of carbonyl (C=O) groups is 1. The average Bonchev–Trinajstić information content (AvgIpc) is 2.62. The highest BCUT2D eigenvalue weighted by molar-refractivity contribution is 9.09. The summed E-state index contributed by atoms with van der Waals surface area (Å²) in [6.45, 7) is 1.74. The molecule has 0 unspecified atom stereocenters. The van der Waals surface area contributed by atoms with Gasteiger partial charge in [-0.05, 0) is 4.92 Å². The Morgan fingerprint density at radius 1 is 1.71 bits per heavy atom. The summed E-state index contributed by atoms with van der Waals surface area (Å²) in [5.74, 6) is -0.373. The summed E-state index contributed by atoms with van der Waals surface area (Å²) < 4.78 is 1.36. The van der Waals surface area contributed by atoms with Gasteiger partial charge >= 0.3 is 11.8 Å². The van der Waals surface area contributed by atoms with Crippen molar-refractivity contribution in [3.8, 4) is 0 Å². The number of aliphatic hydroxyl groups is 1. The van der Waals surface area contributed by atoms with Gasteiger partial charge in [0.2, 0.25) is 0 Å². The molecular formula is C8H12BrN3O5. The molecule has 1 heterocycles. The first-order valence-electron chi connectivity index (χ1n) is 4.49. The molecule has 0 radical (unpaired) electrons. The molecule has 0 aliphatic heterocycles. The molecule has 0 fully saturated rings. The molecule has 0 amide bonds. The highest BCUT2D eigenvalue weighted by atomic mass is 79.9. The van der Waals surface area contributed by atoms with Crippen molar-refractivity contribution in [1.29, 1.82) is 0 Å². The number of carboxylic acid groups (broad SMARTS) is 1. The fourth-order valence-electron chi connectivity index (χ4n) is 0.978. The molecule has 0 aliphatic carbocycles. The van der Waals surface area contributed by atoms with Gasteiger partial charge in [-0.2, -0.15) is 0 Å². The fourth-order valence-corrected chi connectivity index (χ4v) is 0.978. The molecule has 1 aromatic rings. The van der Waals surface area contributed by atoms with Gasteiger partial charge in [0.1, 0.15) is 18.1 Å². The second kappa shape index (κ2) is 7.74. The Kier molecular flexibility index (Phi) is 7.06. The molecule has 8 nitrogen and oxygen atoms in total. The van der Waals surface area contributed by atoms with Crippen LogP contribution in [-0.2, 0) is 11.3 Å². The van der Waals surface area contributed by atoms with Crippen LogP contribution in [0.25, 0.3) is 0 Å². The second-order valence-electron chi connectivity index (χ2n) is 2.82. The predicted molar refractivity (Wildman–Crippen MR) is 62.1 cm³/mol. The van der Waals surface area contributed by atoms with Gasteiger partial charge in [-0.3, -0.25) is 4.79 Å². The van der Waals surface area contributed by atoms with E-state index < -0.39 is 10.9 Å². The minimum Gasteiger partial charge on any atom is -0.481 e. The van der Waals surface area contributed by atoms with Crippen molar-refractivity contribution in [2.45, 2.75) is 13.5 Å². The van der Waals surface area contributed by atoms with E-state index >= 15 is 0 Å². The number of halogens is 1. The van der Waals surface area contributed by atoms with Gasteiger partial charge < -0.3 is 20.3 Å². The highest BCUT2D eigenvalue weighted by Gasteiger charge is 2.15. The lowest BCUT2D eigenvalue weighted by molar-refractivity contribution is -0.392. The summed E-state index contributed by atoms with van der Waals surface area (Å²) in [7, 11) is 0. The first kappa shape index (κ1) is 15.5. The van der Waals surface area contributed by atoms with Crippen LogP contribution < -0.4 is 0 Å². The Labute approximate surface area is 105 Å². The van der Waals surface area contributed by atoms with Gasteiger partial charge in [-0.25, -0.2) is 9.55 Å². The lowest BCUT2D eigenvalue weighted by Crippen LogP contribution is -2.07. The number of aryl methyl sites for hydroxylation is 1. The molecule has 0 bridgehead atoms. The minimum absolute atomic E-state index is 0.0347. The van der Waals surface area contributed by atoms with Crippen LogP contribution in [0, 0.1) is 17.0 Å². The Balaban J connectivity index is 0.000000437. The molecule has 2 N–H and O–H groups in total. The predicted octanol–water partition coefficient (Wildman–Crippen LogP) is 0.558. The van der Waals surface area contributed by atoms with Crippen LogP contribution in [0.3, 0.4) is 0 Å². The first-order valence-corrected chi connectivity index (χ1v) is 5.61. The molecule has 96 valence electrons. The zero-order chi connectivity index (χ0) is 13.4. The molecule has 1 rings (SSSR count). The van der Waals surface area contributed by atoms with E-state index in [9.17, 15) is 14.9 Å². The summed E-state index contributed by atoms with van der Waals surface area (Å²) in [5, 5.41) is 26.7. The number of aromatic nitrogens is 2. The third kappa shape index (κ3) is 5.41. The van der Waals surface area contributed by atoms with E-state index in [1.165, 1.54) is 10.8 Å². The van der Waals surface area contributed by atoms with E-state index in [4.69, 9.17) is 10.2 Å². The van der Waals surface area contributed by atoms with E-state index in [1.807, 2.05) is 0 Å². The van der Waals surface area contributed by atoms with Gasteiger partial charge in [0.05, 0.1) is 6.61 Å². The van der Waals surface area contributed by atoms with Crippen LogP contribution in [0.4, 0.5) is 5.82 Å². The number of aliphatic carboxylic acids is 1. The van der Waals surface area contributed by atoms with Crippen LogP contribution >= 0.6 is 15.9 Å². The monoisotopic (exact) mass is 309 g/mol. The normalized spacial score (nSPS) is 9.35. The van der Waals surface area contributed by atoms with Gasteiger partial charge in [-0.1, -0.05) is 15.9 Å². The summed E-state index contributed by atoms with van der Waals surface area (Å²) in [4.78, 5) is 22.9. The first-order chi connectivity index (χ1) is 7.93. The Morgan fingerprint density at radius 2 is 2.24 bits per heavy atom. The van der Waals surface area contributed by atoms with E-state index in [2.05, 4.69) is 20.9 Å². The summed E-state index contributed by atoms with van der Waals surface area (Å²) >= 11 is 2.71. The Bertz CT molecular complexity index is 393. The maximum atomic E-state index is 10.4. The summed E-state index contributed by atoms with van der Waals surface area (Å²) in [6.07, 6.45) is 1.19. The number of alkyl halides is 1. The molecule has 0 atom stereocenters. The van der Waals surface area contributed by atoms with Gasteiger partial charge in [-0.15, -0.1) is 0 Å². The van der Waals surface area contributed by atoms with Gasteiger partial charge in [0.15, 0.2) is 5.82 Å². The van der Waals surface area contributed by atoms with Crippen molar-refractivity contribution >= 4 is 27.7 Å². The Hall–Kier alpha value is -1.48. The molecule has 0 aromatic carbocycles. The van der Waals surface area contributed by atoms with Crippen molar-refractivity contribution in [3.63, 3.8) is 0 Å². The summed E-state index contributed by atoms with van der Waals surface area (Å²) in [6, 6.07) is 0. The van der Waals surface area contributed by atoms with Crippen molar-refractivity contribution in [2.75, 3.05) is 11.9 Å². The minimum atomic E-state index is -0.829. The van der Waals surface area contributed by atoms with Crippen molar-refractivity contribution < 1.29 is 19.9 Å². The van der Waals surface area contributed by atoms with E-state index in [0.29, 0.717) is 5.82 Å². The van der Waals surface area contributed by atoms with Gasteiger partial charge in [0.25, 0.3) is 0 Å². The number of imidazole rings is 1. The largest absolute Gasteiger partial charge is 0.481 e. The third-order valence-corrected chi connectivity index (χ3v) is 2.14. The average molecular weight is 310 g/mol. The smallest absolute Gasteiger partial charge is 0.342 e. The summed E-state index contributed by atoms with van der Waals surface area (Å²) in [5.41, 5.74) is 0. The van der Waals surface area contributed by atoms with Crippen molar-refractivity contribution in [3.05, 3.63) is 22.1 Å². The number of nitro groups is 1. The van der Waals surface area contributed by atoms with Gasteiger partial charge in [0, 0.05) is 6.92 Å².